The number of rotatable bonds is 11. The van der Waals surface area contributed by atoms with E-state index in [4.69, 9.17) is 14.1 Å². The number of nitrogens with zero attached hydrogens (tertiary/aromatic N) is 1. The molecule has 1 saturated carbocycles. The predicted octanol–water partition coefficient (Wildman–Crippen LogP) is 4.38. The summed E-state index contributed by atoms with van der Waals surface area (Å²) in [5.41, 5.74) is 1.59. The van der Waals surface area contributed by atoms with E-state index in [1.165, 1.54) is 18.4 Å². The summed E-state index contributed by atoms with van der Waals surface area (Å²) in [6, 6.07) is 14.3. The van der Waals surface area contributed by atoms with Crippen LogP contribution in [0.1, 0.15) is 37.5 Å². The highest BCUT2D eigenvalue weighted by molar-refractivity contribution is 14.0. The minimum atomic E-state index is 0. The summed E-state index contributed by atoms with van der Waals surface area (Å²) in [7, 11) is 0. The molecule has 0 saturated heterocycles. The van der Waals surface area contributed by atoms with E-state index in [2.05, 4.69) is 41.8 Å². The van der Waals surface area contributed by atoms with Gasteiger partial charge in [0, 0.05) is 32.7 Å². The Kier molecular flexibility index (Phi) is 9.84. The molecule has 154 valence electrons. The Balaban J connectivity index is 0.00000280. The fourth-order valence-corrected chi connectivity index (χ4v) is 3.08. The van der Waals surface area contributed by atoms with Crippen LogP contribution in [0.2, 0.25) is 0 Å². The third-order valence-corrected chi connectivity index (χ3v) is 5.08. The molecule has 3 rings (SSSR count). The monoisotopic (exact) mass is 497 g/mol. The van der Waals surface area contributed by atoms with E-state index in [-0.39, 0.29) is 24.0 Å². The minimum absolute atomic E-state index is 0. The van der Waals surface area contributed by atoms with Crippen molar-refractivity contribution in [2.45, 2.75) is 39.2 Å². The summed E-state index contributed by atoms with van der Waals surface area (Å²) in [4.78, 5) is 4.77. The Bertz CT molecular complexity index is 685. The molecule has 1 aliphatic rings. The molecule has 0 aliphatic heterocycles. The topological polar surface area (TPSA) is 58.8 Å². The van der Waals surface area contributed by atoms with Crippen LogP contribution in [0.25, 0.3) is 0 Å². The predicted molar refractivity (Wildman–Crippen MR) is 124 cm³/mol. The molecule has 1 aromatic heterocycles. The highest BCUT2D eigenvalue weighted by Gasteiger charge is 2.41. The van der Waals surface area contributed by atoms with Crippen LogP contribution in [0.5, 0.6) is 0 Å². The first-order valence-electron chi connectivity index (χ1n) is 9.96. The summed E-state index contributed by atoms with van der Waals surface area (Å²) in [6.45, 7) is 6.10. The second-order valence-electron chi connectivity index (χ2n) is 7.21. The number of hydrogen-bond donors (Lipinski definition) is 2. The number of nitrogens with one attached hydrogen (secondary N) is 2. The van der Waals surface area contributed by atoms with Gasteiger partial charge in [-0.2, -0.15) is 0 Å². The lowest BCUT2D eigenvalue weighted by molar-refractivity contribution is 0.128. The van der Waals surface area contributed by atoms with E-state index in [0.717, 1.165) is 50.9 Å². The third kappa shape index (κ3) is 7.83. The van der Waals surface area contributed by atoms with Crippen molar-refractivity contribution in [2.24, 2.45) is 10.4 Å². The fourth-order valence-electron chi connectivity index (χ4n) is 3.08. The maximum absolute atomic E-state index is 5.54. The van der Waals surface area contributed by atoms with Crippen molar-refractivity contribution in [2.75, 3.05) is 26.3 Å². The quantitative estimate of drug-likeness (QED) is 0.209. The molecule has 0 atom stereocenters. The first kappa shape index (κ1) is 22.7. The molecule has 0 radical (unpaired) electrons. The normalized spacial score (nSPS) is 15.0. The molecule has 2 N–H and O–H groups in total. The van der Waals surface area contributed by atoms with Crippen LogP contribution in [-0.2, 0) is 17.7 Å². The van der Waals surface area contributed by atoms with Crippen LogP contribution in [0.15, 0.2) is 58.1 Å². The van der Waals surface area contributed by atoms with Crippen molar-refractivity contribution in [3.05, 3.63) is 60.1 Å². The lowest BCUT2D eigenvalue weighted by Gasteiger charge is -2.19. The Morgan fingerprint density at radius 3 is 2.64 bits per heavy atom. The van der Waals surface area contributed by atoms with Crippen molar-refractivity contribution in [1.82, 2.24) is 10.6 Å². The number of ether oxygens (including phenoxy) is 1. The highest BCUT2D eigenvalue weighted by atomic mass is 127. The molecule has 28 heavy (non-hydrogen) atoms. The highest BCUT2D eigenvalue weighted by Crippen LogP contribution is 2.48. The molecule has 0 unspecified atom stereocenters. The van der Waals surface area contributed by atoms with Crippen molar-refractivity contribution >= 4 is 29.9 Å². The Hall–Kier alpha value is -1.54. The summed E-state index contributed by atoms with van der Waals surface area (Å²) >= 11 is 0. The van der Waals surface area contributed by atoms with Crippen molar-refractivity contribution in [3.63, 3.8) is 0 Å². The van der Waals surface area contributed by atoms with Gasteiger partial charge in [-0.1, -0.05) is 30.3 Å². The SMILES string of the molecule is CCOCCC1(CNC(=NCc2ccccc2)NCCc2ccco2)CC1.I. The van der Waals surface area contributed by atoms with Crippen LogP contribution in [0.3, 0.4) is 0 Å². The average molecular weight is 497 g/mol. The molecule has 1 fully saturated rings. The van der Waals surface area contributed by atoms with E-state index in [1.807, 2.05) is 18.2 Å². The second kappa shape index (κ2) is 12.1. The van der Waals surface area contributed by atoms with E-state index < -0.39 is 0 Å². The van der Waals surface area contributed by atoms with E-state index in [1.54, 1.807) is 6.26 Å². The van der Waals surface area contributed by atoms with Crippen LogP contribution >= 0.6 is 24.0 Å². The molecule has 1 aromatic carbocycles. The van der Waals surface area contributed by atoms with Gasteiger partial charge in [0.15, 0.2) is 5.96 Å². The number of furan rings is 1. The number of hydrogen-bond acceptors (Lipinski definition) is 3. The molecule has 0 bridgehead atoms. The Labute approximate surface area is 185 Å². The lowest BCUT2D eigenvalue weighted by Crippen LogP contribution is -2.41. The Morgan fingerprint density at radius 2 is 1.96 bits per heavy atom. The van der Waals surface area contributed by atoms with Crippen molar-refractivity contribution in [3.8, 4) is 0 Å². The van der Waals surface area contributed by atoms with Gasteiger partial charge in [-0.3, -0.25) is 0 Å². The van der Waals surface area contributed by atoms with Crippen LogP contribution < -0.4 is 10.6 Å². The Morgan fingerprint density at radius 1 is 1.14 bits per heavy atom. The molecule has 1 heterocycles. The largest absolute Gasteiger partial charge is 0.469 e. The maximum atomic E-state index is 5.54. The third-order valence-electron chi connectivity index (χ3n) is 5.08. The molecule has 0 spiro atoms. The molecule has 2 aromatic rings. The van der Waals surface area contributed by atoms with Gasteiger partial charge in [0.1, 0.15) is 5.76 Å². The van der Waals surface area contributed by atoms with E-state index >= 15 is 0 Å². The zero-order chi connectivity index (χ0) is 18.8. The molecular formula is C22H32IN3O2. The van der Waals surface area contributed by atoms with Gasteiger partial charge in [-0.25, -0.2) is 4.99 Å². The van der Waals surface area contributed by atoms with Crippen LogP contribution in [0.4, 0.5) is 0 Å². The second-order valence-corrected chi connectivity index (χ2v) is 7.21. The van der Waals surface area contributed by atoms with Gasteiger partial charge in [-0.05, 0) is 49.3 Å². The average Bonchev–Trinajstić information content (AvgIpc) is 3.27. The van der Waals surface area contributed by atoms with Gasteiger partial charge in [-0.15, -0.1) is 24.0 Å². The summed E-state index contributed by atoms with van der Waals surface area (Å²) < 4.78 is 11.0. The number of guanidine groups is 1. The summed E-state index contributed by atoms with van der Waals surface area (Å²) in [6.07, 6.45) is 6.21. The first-order chi connectivity index (χ1) is 13.3. The maximum Gasteiger partial charge on any atom is 0.191 e. The molecular weight excluding hydrogens is 465 g/mol. The zero-order valence-electron chi connectivity index (χ0n) is 16.7. The number of halogens is 1. The lowest BCUT2D eigenvalue weighted by atomic mass is 10.0. The molecule has 1 aliphatic carbocycles. The van der Waals surface area contributed by atoms with E-state index in [9.17, 15) is 0 Å². The summed E-state index contributed by atoms with van der Waals surface area (Å²) in [5.74, 6) is 1.85. The van der Waals surface area contributed by atoms with Gasteiger partial charge < -0.3 is 19.8 Å². The van der Waals surface area contributed by atoms with Gasteiger partial charge in [0.2, 0.25) is 0 Å². The first-order valence-corrected chi connectivity index (χ1v) is 9.96. The molecule has 0 amide bonds. The van der Waals surface area contributed by atoms with Gasteiger partial charge in [0.05, 0.1) is 12.8 Å². The van der Waals surface area contributed by atoms with E-state index in [0.29, 0.717) is 12.0 Å². The summed E-state index contributed by atoms with van der Waals surface area (Å²) in [5, 5.41) is 7.00. The smallest absolute Gasteiger partial charge is 0.191 e. The van der Waals surface area contributed by atoms with Crippen molar-refractivity contribution in [1.29, 1.82) is 0 Å². The standard InChI is InChI=1S/C22H31N3O2.HI/c1-2-26-16-13-22(11-12-22)18-25-21(23-14-10-20-9-6-15-27-20)24-17-19-7-4-3-5-8-19;/h3-9,15H,2,10-14,16-18H2,1H3,(H2,23,24,25);1H. The fraction of sp³-hybridized carbons (Fsp3) is 0.500. The minimum Gasteiger partial charge on any atom is -0.469 e. The van der Waals surface area contributed by atoms with Gasteiger partial charge in [0.25, 0.3) is 0 Å². The zero-order valence-corrected chi connectivity index (χ0v) is 19.0. The molecule has 5 nitrogen and oxygen atoms in total. The number of aliphatic imine (C=N–C) groups is 1. The van der Waals surface area contributed by atoms with Gasteiger partial charge >= 0.3 is 0 Å². The number of benzene rings is 1. The van der Waals surface area contributed by atoms with Crippen LogP contribution in [0, 0.1) is 5.41 Å². The van der Waals surface area contributed by atoms with Crippen LogP contribution in [-0.4, -0.2) is 32.3 Å². The van der Waals surface area contributed by atoms with Crippen molar-refractivity contribution < 1.29 is 9.15 Å². The molecule has 6 heteroatoms.